The third-order valence-corrected chi connectivity index (χ3v) is 4.84. The molecule has 0 aromatic carbocycles. The van der Waals surface area contributed by atoms with E-state index in [1.807, 2.05) is 14.1 Å². The van der Waals surface area contributed by atoms with Crippen molar-refractivity contribution in [2.45, 2.75) is 6.92 Å². The fourth-order valence-corrected chi connectivity index (χ4v) is 2.64. The molecular weight excluding hydrogens is 542 g/mol. The summed E-state index contributed by atoms with van der Waals surface area (Å²) in [4.78, 5) is 13.2. The highest BCUT2D eigenvalue weighted by molar-refractivity contribution is 5.86. The Hall–Kier alpha value is -1.23. The number of carbonyl (C=O) groups is 1. The van der Waals surface area contributed by atoms with Crippen LogP contribution in [0.1, 0.15) is 6.92 Å². The molecule has 0 aromatic rings. The molecule has 41 heavy (non-hydrogen) atoms. The second kappa shape index (κ2) is 33.3. The number of likely N-dealkylation sites (N-methyl/N-ethyl adjacent to an activating group) is 1. The van der Waals surface area contributed by atoms with E-state index < -0.39 is 5.97 Å². The highest BCUT2D eigenvalue weighted by Gasteiger charge is 2.02. The summed E-state index contributed by atoms with van der Waals surface area (Å²) in [6.07, 6.45) is 0. The molecule has 0 atom stereocenters. The number of ether oxygens (including phenoxy) is 11. The van der Waals surface area contributed by atoms with Gasteiger partial charge in [0, 0.05) is 12.1 Å². The predicted molar refractivity (Wildman–Crippen MR) is 153 cm³/mol. The van der Waals surface area contributed by atoms with Crippen molar-refractivity contribution in [3.05, 3.63) is 12.2 Å². The van der Waals surface area contributed by atoms with Gasteiger partial charge in [0.25, 0.3) is 0 Å². The van der Waals surface area contributed by atoms with Gasteiger partial charge in [-0.05, 0) is 21.0 Å². The van der Waals surface area contributed by atoms with Gasteiger partial charge in [0.2, 0.25) is 0 Å². The second-order valence-corrected chi connectivity index (χ2v) is 8.84. The van der Waals surface area contributed by atoms with Crippen LogP contribution in [0.5, 0.6) is 0 Å². The lowest BCUT2D eigenvalue weighted by Gasteiger charge is -2.10. The molecule has 0 saturated carbocycles. The van der Waals surface area contributed by atoms with Crippen molar-refractivity contribution in [3.63, 3.8) is 0 Å². The monoisotopic (exact) mass is 597 g/mol. The summed E-state index contributed by atoms with van der Waals surface area (Å²) >= 11 is 0. The third-order valence-electron chi connectivity index (χ3n) is 4.84. The first-order valence-electron chi connectivity index (χ1n) is 14.3. The quantitative estimate of drug-likeness (QED) is 0.0592. The van der Waals surface area contributed by atoms with E-state index in [0.717, 1.165) is 6.54 Å². The number of carbonyl (C=O) groups excluding carboxylic acids is 1. The van der Waals surface area contributed by atoms with E-state index in [-0.39, 0.29) is 6.61 Å². The van der Waals surface area contributed by atoms with Gasteiger partial charge >= 0.3 is 5.97 Å². The Morgan fingerprint density at radius 3 is 0.878 bits per heavy atom. The minimum absolute atomic E-state index is 0.202. The van der Waals surface area contributed by atoms with Crippen LogP contribution in [0.4, 0.5) is 0 Å². The first-order valence-corrected chi connectivity index (χ1v) is 14.3. The summed E-state index contributed by atoms with van der Waals surface area (Å²) in [5, 5.41) is 0. The standard InChI is InChI=1S/C28H55NO12/c1-27(2)28(30)41-26-25-40-24-23-39-22-21-38-20-19-37-18-17-36-16-15-35-14-13-34-12-11-33-10-9-32-8-7-31-6-5-29(3)4/h1,5-26H2,2-4H3. The van der Waals surface area contributed by atoms with E-state index in [1.54, 1.807) is 6.92 Å². The lowest BCUT2D eigenvalue weighted by molar-refractivity contribution is -0.140. The maximum atomic E-state index is 11.2. The minimum Gasteiger partial charge on any atom is -0.460 e. The summed E-state index contributed by atoms with van der Waals surface area (Å²) in [7, 11) is 4.03. The number of hydrogen-bond acceptors (Lipinski definition) is 13. The van der Waals surface area contributed by atoms with Gasteiger partial charge in [0.15, 0.2) is 0 Å². The molecule has 0 aliphatic carbocycles. The van der Waals surface area contributed by atoms with E-state index >= 15 is 0 Å². The molecule has 244 valence electrons. The van der Waals surface area contributed by atoms with Crippen molar-refractivity contribution < 1.29 is 56.9 Å². The molecule has 0 rings (SSSR count). The summed E-state index contributed by atoms with van der Waals surface area (Å²) in [5.41, 5.74) is 0.372. The second-order valence-electron chi connectivity index (χ2n) is 8.84. The SMILES string of the molecule is C=C(C)C(=O)OCCOCCOCCOCCOCCOCCOCCOCCOCCOCCOCCN(C)C. The minimum atomic E-state index is -0.411. The highest BCUT2D eigenvalue weighted by atomic mass is 16.6. The van der Waals surface area contributed by atoms with E-state index in [2.05, 4.69) is 11.5 Å². The molecule has 0 aliphatic heterocycles. The molecular formula is C28H55NO12. The summed E-state index contributed by atoms with van der Waals surface area (Å²) < 4.78 is 59.2. The smallest absolute Gasteiger partial charge is 0.333 e. The molecule has 0 radical (unpaired) electrons. The molecule has 0 bridgehead atoms. The molecule has 0 amide bonds. The maximum absolute atomic E-state index is 11.2. The molecule has 0 saturated heterocycles. The van der Waals surface area contributed by atoms with Gasteiger partial charge < -0.3 is 57.0 Å². The first-order chi connectivity index (χ1) is 20.0. The van der Waals surface area contributed by atoms with Gasteiger partial charge in [-0.25, -0.2) is 4.79 Å². The first kappa shape index (κ1) is 39.8. The van der Waals surface area contributed by atoms with E-state index in [0.29, 0.717) is 138 Å². The van der Waals surface area contributed by atoms with Gasteiger partial charge in [-0.15, -0.1) is 0 Å². The number of esters is 1. The molecule has 0 heterocycles. The third kappa shape index (κ3) is 34.9. The average molecular weight is 598 g/mol. The van der Waals surface area contributed by atoms with Gasteiger partial charge in [0.05, 0.1) is 132 Å². The van der Waals surface area contributed by atoms with Crippen LogP contribution in [-0.4, -0.2) is 170 Å². The molecule has 0 N–H and O–H groups in total. The van der Waals surface area contributed by atoms with Crippen LogP contribution in [0.3, 0.4) is 0 Å². The van der Waals surface area contributed by atoms with Gasteiger partial charge in [-0.1, -0.05) is 6.58 Å². The molecule has 0 aliphatic rings. The van der Waals surface area contributed by atoms with Crippen LogP contribution in [0.25, 0.3) is 0 Å². The zero-order valence-corrected chi connectivity index (χ0v) is 25.6. The Balaban J connectivity index is 3.07. The van der Waals surface area contributed by atoms with E-state index in [1.165, 1.54) is 0 Å². The molecule has 0 aromatic heterocycles. The van der Waals surface area contributed by atoms with Crippen LogP contribution < -0.4 is 0 Å². The lowest BCUT2D eigenvalue weighted by Crippen LogP contribution is -2.19. The van der Waals surface area contributed by atoms with Gasteiger partial charge in [-0.2, -0.15) is 0 Å². The van der Waals surface area contributed by atoms with Crippen molar-refractivity contribution in [1.82, 2.24) is 4.90 Å². The van der Waals surface area contributed by atoms with Crippen molar-refractivity contribution in [2.75, 3.05) is 159 Å². The normalized spacial score (nSPS) is 11.4. The van der Waals surface area contributed by atoms with Crippen molar-refractivity contribution >= 4 is 5.97 Å². The molecule has 13 heteroatoms. The van der Waals surface area contributed by atoms with Crippen LogP contribution in [-0.2, 0) is 56.9 Å². The Morgan fingerprint density at radius 2 is 0.659 bits per heavy atom. The maximum Gasteiger partial charge on any atom is 0.333 e. The Bertz CT molecular complexity index is 568. The average Bonchev–Trinajstić information content (AvgIpc) is 2.95. The fourth-order valence-electron chi connectivity index (χ4n) is 2.64. The molecule has 13 nitrogen and oxygen atoms in total. The van der Waals surface area contributed by atoms with Crippen LogP contribution >= 0.6 is 0 Å². The topological polar surface area (TPSA) is 122 Å². The zero-order chi connectivity index (χ0) is 30.1. The summed E-state index contributed by atoms with van der Waals surface area (Å²) in [6, 6.07) is 0. The molecule has 0 spiro atoms. The van der Waals surface area contributed by atoms with Crippen molar-refractivity contribution in [3.8, 4) is 0 Å². The summed E-state index contributed by atoms with van der Waals surface area (Å²) in [5.74, 6) is -0.411. The van der Waals surface area contributed by atoms with Crippen LogP contribution in [0.2, 0.25) is 0 Å². The Labute approximate surface area is 246 Å². The molecule has 0 unspecified atom stereocenters. The lowest BCUT2D eigenvalue weighted by atomic mass is 10.4. The summed E-state index contributed by atoms with van der Waals surface area (Å²) in [6.45, 7) is 16.4. The number of nitrogens with zero attached hydrogens (tertiary/aromatic N) is 1. The Kier molecular flexibility index (Phi) is 32.3. The number of rotatable bonds is 34. The zero-order valence-electron chi connectivity index (χ0n) is 25.6. The van der Waals surface area contributed by atoms with Crippen molar-refractivity contribution in [1.29, 1.82) is 0 Å². The van der Waals surface area contributed by atoms with Gasteiger partial charge in [-0.3, -0.25) is 0 Å². The van der Waals surface area contributed by atoms with E-state index in [9.17, 15) is 4.79 Å². The largest absolute Gasteiger partial charge is 0.460 e. The van der Waals surface area contributed by atoms with Crippen LogP contribution in [0.15, 0.2) is 12.2 Å². The fraction of sp³-hybridized carbons (Fsp3) is 0.893. The predicted octanol–water partition coefficient (Wildman–Crippen LogP) is 0.833. The Morgan fingerprint density at radius 1 is 0.439 bits per heavy atom. The van der Waals surface area contributed by atoms with Crippen molar-refractivity contribution in [2.24, 2.45) is 0 Å². The van der Waals surface area contributed by atoms with Gasteiger partial charge in [0.1, 0.15) is 6.61 Å². The van der Waals surface area contributed by atoms with E-state index in [4.69, 9.17) is 52.1 Å². The van der Waals surface area contributed by atoms with Crippen LogP contribution in [0, 0.1) is 0 Å². The molecule has 0 fully saturated rings. The highest BCUT2D eigenvalue weighted by Crippen LogP contribution is 1.92. The number of hydrogen-bond donors (Lipinski definition) is 0.